The van der Waals surface area contributed by atoms with E-state index in [0.717, 1.165) is 38.2 Å². The maximum atomic E-state index is 5.71. The van der Waals surface area contributed by atoms with Crippen LogP contribution in [0.2, 0.25) is 0 Å². The number of hydrogen-bond donors (Lipinski definition) is 2. The SMILES string of the molecule is CCCOc1cccc(C(CCC2CCCO2)NN)c1. The lowest BCUT2D eigenvalue weighted by molar-refractivity contribution is 0.0996. The molecule has 1 fully saturated rings. The van der Waals surface area contributed by atoms with Crippen molar-refractivity contribution in [2.24, 2.45) is 5.84 Å². The average molecular weight is 278 g/mol. The van der Waals surface area contributed by atoms with Crippen molar-refractivity contribution in [2.45, 2.75) is 51.2 Å². The fourth-order valence-corrected chi connectivity index (χ4v) is 2.61. The molecule has 1 aromatic rings. The van der Waals surface area contributed by atoms with Crippen LogP contribution >= 0.6 is 0 Å². The molecule has 0 aromatic heterocycles. The van der Waals surface area contributed by atoms with Crippen molar-refractivity contribution in [3.63, 3.8) is 0 Å². The van der Waals surface area contributed by atoms with Crippen molar-refractivity contribution < 1.29 is 9.47 Å². The zero-order valence-corrected chi connectivity index (χ0v) is 12.3. The Hall–Kier alpha value is -1.10. The van der Waals surface area contributed by atoms with Crippen LogP contribution in [0.25, 0.3) is 0 Å². The van der Waals surface area contributed by atoms with E-state index >= 15 is 0 Å². The predicted octanol–water partition coefficient (Wildman–Crippen LogP) is 2.94. The van der Waals surface area contributed by atoms with Gasteiger partial charge in [0.25, 0.3) is 0 Å². The highest BCUT2D eigenvalue weighted by molar-refractivity contribution is 5.30. The Morgan fingerprint density at radius 1 is 1.50 bits per heavy atom. The third-order valence-electron chi connectivity index (χ3n) is 3.74. The minimum Gasteiger partial charge on any atom is -0.494 e. The van der Waals surface area contributed by atoms with E-state index < -0.39 is 0 Å². The number of nitrogens with one attached hydrogen (secondary N) is 1. The first-order valence-electron chi connectivity index (χ1n) is 7.64. The molecule has 0 amide bonds. The first-order chi connectivity index (χ1) is 9.83. The van der Waals surface area contributed by atoms with Crippen molar-refractivity contribution in [3.8, 4) is 5.75 Å². The van der Waals surface area contributed by atoms with E-state index in [1.54, 1.807) is 0 Å². The van der Waals surface area contributed by atoms with E-state index in [1.807, 2.05) is 12.1 Å². The van der Waals surface area contributed by atoms with Gasteiger partial charge in [0.15, 0.2) is 0 Å². The van der Waals surface area contributed by atoms with Crippen molar-refractivity contribution in [1.82, 2.24) is 5.43 Å². The maximum Gasteiger partial charge on any atom is 0.119 e. The summed E-state index contributed by atoms with van der Waals surface area (Å²) in [6, 6.07) is 8.35. The van der Waals surface area contributed by atoms with Crippen molar-refractivity contribution in [3.05, 3.63) is 29.8 Å². The molecule has 112 valence electrons. The van der Waals surface area contributed by atoms with E-state index in [2.05, 4.69) is 24.5 Å². The quantitative estimate of drug-likeness (QED) is 0.567. The number of benzene rings is 1. The van der Waals surface area contributed by atoms with Gasteiger partial charge in [0.1, 0.15) is 5.75 Å². The van der Waals surface area contributed by atoms with Crippen LogP contribution in [0, 0.1) is 0 Å². The molecule has 2 unspecified atom stereocenters. The second kappa shape index (κ2) is 8.25. The molecule has 3 N–H and O–H groups in total. The second-order valence-electron chi connectivity index (χ2n) is 5.35. The molecule has 1 aliphatic heterocycles. The van der Waals surface area contributed by atoms with Crippen LogP contribution in [0.1, 0.15) is 50.6 Å². The van der Waals surface area contributed by atoms with Crippen molar-refractivity contribution in [1.29, 1.82) is 0 Å². The number of ether oxygens (including phenoxy) is 2. The summed E-state index contributed by atoms with van der Waals surface area (Å²) in [5, 5.41) is 0. The lowest BCUT2D eigenvalue weighted by Crippen LogP contribution is -2.28. The van der Waals surface area contributed by atoms with E-state index in [1.165, 1.54) is 18.4 Å². The first kappa shape index (κ1) is 15.3. The highest BCUT2D eigenvalue weighted by Crippen LogP contribution is 2.25. The largest absolute Gasteiger partial charge is 0.494 e. The van der Waals surface area contributed by atoms with Crippen LogP contribution in [0.15, 0.2) is 24.3 Å². The zero-order valence-electron chi connectivity index (χ0n) is 12.3. The summed E-state index contributed by atoms with van der Waals surface area (Å²) in [4.78, 5) is 0. The van der Waals surface area contributed by atoms with Gasteiger partial charge < -0.3 is 9.47 Å². The fourth-order valence-electron chi connectivity index (χ4n) is 2.61. The van der Waals surface area contributed by atoms with Crippen LogP contribution in [-0.4, -0.2) is 19.3 Å². The Labute approximate surface area is 121 Å². The van der Waals surface area contributed by atoms with Crippen LogP contribution < -0.4 is 16.0 Å². The number of hydrazine groups is 1. The van der Waals surface area contributed by atoms with Gasteiger partial charge in [-0.2, -0.15) is 0 Å². The van der Waals surface area contributed by atoms with Gasteiger partial charge in [-0.25, -0.2) is 0 Å². The summed E-state index contributed by atoms with van der Waals surface area (Å²) in [5.74, 6) is 6.63. The Balaban J connectivity index is 1.91. The van der Waals surface area contributed by atoms with Gasteiger partial charge in [0, 0.05) is 12.6 Å². The Morgan fingerprint density at radius 2 is 2.40 bits per heavy atom. The Morgan fingerprint density at radius 3 is 3.10 bits per heavy atom. The molecule has 1 heterocycles. The average Bonchev–Trinajstić information content (AvgIpc) is 2.99. The second-order valence-corrected chi connectivity index (χ2v) is 5.35. The molecule has 4 nitrogen and oxygen atoms in total. The van der Waals surface area contributed by atoms with E-state index in [4.69, 9.17) is 15.3 Å². The molecule has 1 saturated heterocycles. The molecule has 0 spiro atoms. The summed E-state index contributed by atoms with van der Waals surface area (Å²) in [5.41, 5.74) is 4.09. The van der Waals surface area contributed by atoms with Gasteiger partial charge >= 0.3 is 0 Å². The smallest absolute Gasteiger partial charge is 0.119 e. The van der Waals surface area contributed by atoms with Gasteiger partial charge in [-0.05, 0) is 49.8 Å². The van der Waals surface area contributed by atoms with Crippen LogP contribution in [0.5, 0.6) is 5.75 Å². The molecule has 2 rings (SSSR count). The van der Waals surface area contributed by atoms with E-state index in [-0.39, 0.29) is 6.04 Å². The Bertz CT molecular complexity index is 392. The van der Waals surface area contributed by atoms with Gasteiger partial charge in [-0.3, -0.25) is 11.3 Å². The highest BCUT2D eigenvalue weighted by atomic mass is 16.5. The molecule has 0 bridgehead atoms. The molecular formula is C16H26N2O2. The molecule has 20 heavy (non-hydrogen) atoms. The minimum atomic E-state index is 0.157. The minimum absolute atomic E-state index is 0.157. The summed E-state index contributed by atoms with van der Waals surface area (Å²) in [6.07, 6.45) is 5.82. The van der Waals surface area contributed by atoms with Crippen molar-refractivity contribution >= 4 is 0 Å². The summed E-state index contributed by atoms with van der Waals surface area (Å²) >= 11 is 0. The third-order valence-corrected chi connectivity index (χ3v) is 3.74. The van der Waals surface area contributed by atoms with E-state index in [9.17, 15) is 0 Å². The fraction of sp³-hybridized carbons (Fsp3) is 0.625. The summed E-state index contributed by atoms with van der Waals surface area (Å²) in [6.45, 7) is 3.77. The highest BCUT2D eigenvalue weighted by Gasteiger charge is 2.18. The first-order valence-corrected chi connectivity index (χ1v) is 7.64. The van der Waals surface area contributed by atoms with Crippen molar-refractivity contribution in [2.75, 3.05) is 13.2 Å². The third kappa shape index (κ3) is 4.47. The molecule has 0 aliphatic carbocycles. The normalized spacial score (nSPS) is 20.0. The van der Waals surface area contributed by atoms with Crippen LogP contribution in [0.3, 0.4) is 0 Å². The lowest BCUT2D eigenvalue weighted by atomic mass is 9.99. The maximum absolute atomic E-state index is 5.71. The van der Waals surface area contributed by atoms with Gasteiger partial charge in [-0.1, -0.05) is 19.1 Å². The molecular weight excluding hydrogens is 252 g/mol. The predicted molar refractivity (Wildman–Crippen MR) is 80.5 cm³/mol. The van der Waals surface area contributed by atoms with Gasteiger partial charge in [0.05, 0.1) is 12.7 Å². The van der Waals surface area contributed by atoms with Crippen LogP contribution in [-0.2, 0) is 4.74 Å². The molecule has 0 radical (unpaired) electrons. The zero-order chi connectivity index (χ0) is 14.2. The Kier molecular flexibility index (Phi) is 6.30. The molecule has 1 aromatic carbocycles. The number of nitrogens with two attached hydrogens (primary N) is 1. The summed E-state index contributed by atoms with van der Waals surface area (Å²) in [7, 11) is 0. The van der Waals surface area contributed by atoms with Crippen LogP contribution in [0.4, 0.5) is 0 Å². The summed E-state index contributed by atoms with van der Waals surface area (Å²) < 4.78 is 11.3. The molecule has 1 aliphatic rings. The molecule has 2 atom stereocenters. The van der Waals surface area contributed by atoms with Gasteiger partial charge in [0.2, 0.25) is 0 Å². The number of hydrogen-bond acceptors (Lipinski definition) is 4. The lowest BCUT2D eigenvalue weighted by Gasteiger charge is -2.19. The topological polar surface area (TPSA) is 56.5 Å². The molecule has 4 heteroatoms. The number of rotatable bonds is 8. The standard InChI is InChI=1S/C16H26N2O2/c1-2-10-19-15-6-3-5-13(12-15)16(18-17)9-8-14-7-4-11-20-14/h3,5-6,12,14,16,18H,2,4,7-11,17H2,1H3. The van der Waals surface area contributed by atoms with E-state index in [0.29, 0.717) is 6.10 Å². The monoisotopic (exact) mass is 278 g/mol. The molecule has 0 saturated carbocycles. The van der Waals surface area contributed by atoms with Gasteiger partial charge in [-0.15, -0.1) is 0 Å².